The van der Waals surface area contributed by atoms with Crippen molar-refractivity contribution >= 4 is 15.8 Å². The molecule has 1 aliphatic rings. The Bertz CT molecular complexity index is 663. The van der Waals surface area contributed by atoms with Crippen LogP contribution in [0.2, 0.25) is 0 Å². The average molecular weight is 314 g/mol. The number of carboxylic acid groups (broad SMARTS) is 1. The monoisotopic (exact) mass is 314 g/mol. The molecule has 1 aromatic heterocycles. The molecule has 0 saturated carbocycles. The second kappa shape index (κ2) is 5.44. The summed E-state index contributed by atoms with van der Waals surface area (Å²) in [7, 11) is -3.04. The van der Waals surface area contributed by atoms with Gasteiger partial charge in [0.05, 0.1) is 29.2 Å². The van der Waals surface area contributed by atoms with Crippen molar-refractivity contribution in [3.8, 4) is 0 Å². The molecule has 6 nitrogen and oxygen atoms in total. The van der Waals surface area contributed by atoms with Crippen LogP contribution in [0, 0.1) is 0 Å². The van der Waals surface area contributed by atoms with Crippen molar-refractivity contribution in [3.63, 3.8) is 0 Å². The second-order valence-corrected chi connectivity index (χ2v) is 8.08. The van der Waals surface area contributed by atoms with Crippen LogP contribution >= 0.6 is 0 Å². The summed E-state index contributed by atoms with van der Waals surface area (Å²) >= 11 is 0. The molecule has 0 amide bonds. The van der Waals surface area contributed by atoms with Gasteiger partial charge >= 0.3 is 5.97 Å². The van der Waals surface area contributed by atoms with Crippen LogP contribution in [0.4, 0.5) is 0 Å². The van der Waals surface area contributed by atoms with E-state index in [0.29, 0.717) is 19.3 Å². The maximum absolute atomic E-state index is 11.8. The first-order valence-corrected chi connectivity index (χ1v) is 9.07. The van der Waals surface area contributed by atoms with Crippen LogP contribution in [-0.4, -0.2) is 40.8 Å². The molecule has 21 heavy (non-hydrogen) atoms. The summed E-state index contributed by atoms with van der Waals surface area (Å²) in [5, 5.41) is 13.7. The van der Waals surface area contributed by atoms with Crippen LogP contribution in [0.1, 0.15) is 44.1 Å². The molecular formula is C14H22N2O4S. The standard InChI is InChI=1S/C14H22N2O4S/c1-4-11-10(8-13(17)18)12(5-2)16(15-11)14(3)6-7-21(19,20)9-14/h4-9H2,1-3H3,(H,17,18). The Kier molecular flexibility index (Phi) is 4.15. The third kappa shape index (κ3) is 2.97. The number of rotatable bonds is 5. The van der Waals surface area contributed by atoms with Gasteiger partial charge in [-0.05, 0) is 26.2 Å². The van der Waals surface area contributed by atoms with E-state index >= 15 is 0 Å². The zero-order chi connectivity index (χ0) is 15.8. The lowest BCUT2D eigenvalue weighted by Crippen LogP contribution is -2.34. The molecule has 1 saturated heterocycles. The quantitative estimate of drug-likeness (QED) is 0.881. The first-order valence-electron chi connectivity index (χ1n) is 7.24. The molecule has 7 heteroatoms. The van der Waals surface area contributed by atoms with Crippen LogP contribution in [0.25, 0.3) is 0 Å². The van der Waals surface area contributed by atoms with Crippen molar-refractivity contribution in [3.05, 3.63) is 17.0 Å². The highest BCUT2D eigenvalue weighted by Gasteiger charge is 2.42. The van der Waals surface area contributed by atoms with Crippen molar-refractivity contribution in [2.24, 2.45) is 0 Å². The van der Waals surface area contributed by atoms with Crippen LogP contribution in [-0.2, 0) is 39.4 Å². The zero-order valence-corrected chi connectivity index (χ0v) is 13.5. The van der Waals surface area contributed by atoms with Gasteiger partial charge in [-0.3, -0.25) is 9.48 Å². The van der Waals surface area contributed by atoms with E-state index in [2.05, 4.69) is 5.10 Å². The molecule has 118 valence electrons. The van der Waals surface area contributed by atoms with Gasteiger partial charge in [0, 0.05) is 11.3 Å². The van der Waals surface area contributed by atoms with Crippen LogP contribution < -0.4 is 0 Å². The third-order valence-electron chi connectivity index (χ3n) is 4.16. The fourth-order valence-corrected chi connectivity index (χ4v) is 5.25. The van der Waals surface area contributed by atoms with Gasteiger partial charge in [-0.15, -0.1) is 0 Å². The van der Waals surface area contributed by atoms with Crippen LogP contribution in [0.15, 0.2) is 0 Å². The van der Waals surface area contributed by atoms with E-state index in [9.17, 15) is 13.2 Å². The Morgan fingerprint density at radius 2 is 2.05 bits per heavy atom. The minimum atomic E-state index is -3.04. The number of hydrogen-bond donors (Lipinski definition) is 1. The van der Waals surface area contributed by atoms with Gasteiger partial charge in [-0.1, -0.05) is 13.8 Å². The molecule has 1 aliphatic heterocycles. The lowest BCUT2D eigenvalue weighted by molar-refractivity contribution is -0.136. The Balaban J connectivity index is 2.54. The molecule has 1 fully saturated rings. The summed E-state index contributed by atoms with van der Waals surface area (Å²) in [6, 6.07) is 0. The number of sulfone groups is 1. The van der Waals surface area contributed by atoms with Crippen molar-refractivity contribution < 1.29 is 18.3 Å². The second-order valence-electron chi connectivity index (χ2n) is 5.90. The SMILES string of the molecule is CCc1nn(C2(C)CCS(=O)(=O)C2)c(CC)c1CC(=O)O. The van der Waals surface area contributed by atoms with Gasteiger partial charge in [0.2, 0.25) is 0 Å². The molecule has 1 unspecified atom stereocenters. The lowest BCUT2D eigenvalue weighted by atomic mass is 10.00. The molecule has 2 heterocycles. The summed E-state index contributed by atoms with van der Waals surface area (Å²) in [5.74, 6) is -0.643. The highest BCUT2D eigenvalue weighted by molar-refractivity contribution is 7.91. The molecule has 0 bridgehead atoms. The predicted molar refractivity (Wildman–Crippen MR) is 79.2 cm³/mol. The highest BCUT2D eigenvalue weighted by atomic mass is 32.2. The number of aliphatic carboxylic acids is 1. The Labute approximate surface area is 125 Å². The fraction of sp³-hybridized carbons (Fsp3) is 0.714. The summed E-state index contributed by atoms with van der Waals surface area (Å²) in [5.41, 5.74) is 1.80. The molecule has 0 aliphatic carbocycles. The molecule has 2 rings (SSSR count). The van der Waals surface area contributed by atoms with Crippen molar-refractivity contribution in [2.75, 3.05) is 11.5 Å². The summed E-state index contributed by atoms with van der Waals surface area (Å²) in [6.07, 6.45) is 1.76. The van der Waals surface area contributed by atoms with Gasteiger partial charge < -0.3 is 5.11 Å². The number of carbonyl (C=O) groups is 1. The van der Waals surface area contributed by atoms with Crippen molar-refractivity contribution in [1.82, 2.24) is 9.78 Å². The van der Waals surface area contributed by atoms with E-state index in [0.717, 1.165) is 17.0 Å². The molecule has 1 aromatic rings. The van der Waals surface area contributed by atoms with Gasteiger partial charge in [0.15, 0.2) is 9.84 Å². The van der Waals surface area contributed by atoms with Crippen molar-refractivity contribution in [1.29, 1.82) is 0 Å². The topological polar surface area (TPSA) is 89.3 Å². The van der Waals surface area contributed by atoms with Crippen molar-refractivity contribution in [2.45, 2.75) is 52.0 Å². The largest absolute Gasteiger partial charge is 0.481 e. The van der Waals surface area contributed by atoms with Gasteiger partial charge in [0.1, 0.15) is 0 Å². The minimum absolute atomic E-state index is 0.0603. The van der Waals surface area contributed by atoms with E-state index in [1.807, 2.05) is 20.8 Å². The van der Waals surface area contributed by atoms with E-state index < -0.39 is 21.3 Å². The Morgan fingerprint density at radius 3 is 2.48 bits per heavy atom. The normalized spacial score (nSPS) is 24.3. The summed E-state index contributed by atoms with van der Waals surface area (Å²) in [4.78, 5) is 11.1. The maximum Gasteiger partial charge on any atom is 0.307 e. The highest BCUT2D eigenvalue weighted by Crippen LogP contribution is 2.33. The zero-order valence-electron chi connectivity index (χ0n) is 12.7. The summed E-state index contributed by atoms with van der Waals surface area (Å²) < 4.78 is 25.4. The first kappa shape index (κ1) is 16.0. The number of aryl methyl sites for hydroxylation is 1. The lowest BCUT2D eigenvalue weighted by Gasteiger charge is -2.25. The van der Waals surface area contributed by atoms with E-state index in [-0.39, 0.29) is 17.9 Å². The van der Waals surface area contributed by atoms with E-state index in [4.69, 9.17) is 5.11 Å². The molecule has 0 spiro atoms. The molecule has 1 atom stereocenters. The van der Waals surface area contributed by atoms with Gasteiger partial charge in [-0.25, -0.2) is 8.42 Å². The molecule has 0 radical (unpaired) electrons. The minimum Gasteiger partial charge on any atom is -0.481 e. The number of aromatic nitrogens is 2. The fourth-order valence-electron chi connectivity index (χ4n) is 3.15. The molecular weight excluding hydrogens is 292 g/mol. The average Bonchev–Trinajstić information content (AvgIpc) is 2.87. The third-order valence-corrected chi connectivity index (χ3v) is 6.05. The Morgan fingerprint density at radius 1 is 1.38 bits per heavy atom. The van der Waals surface area contributed by atoms with Crippen LogP contribution in [0.5, 0.6) is 0 Å². The Hall–Kier alpha value is -1.37. The predicted octanol–water partition coefficient (Wildman–Crippen LogP) is 1.17. The summed E-state index contributed by atoms with van der Waals surface area (Å²) in [6.45, 7) is 5.78. The number of hydrogen-bond acceptors (Lipinski definition) is 4. The number of carboxylic acids is 1. The van der Waals surface area contributed by atoms with E-state index in [1.54, 1.807) is 4.68 Å². The maximum atomic E-state index is 11.8. The smallest absolute Gasteiger partial charge is 0.307 e. The van der Waals surface area contributed by atoms with Gasteiger partial charge in [0.25, 0.3) is 0 Å². The van der Waals surface area contributed by atoms with Crippen LogP contribution in [0.3, 0.4) is 0 Å². The van der Waals surface area contributed by atoms with Gasteiger partial charge in [-0.2, -0.15) is 5.10 Å². The van der Waals surface area contributed by atoms with E-state index in [1.165, 1.54) is 0 Å². The first-order chi connectivity index (χ1) is 9.72. The number of nitrogens with zero attached hydrogens (tertiary/aromatic N) is 2. The molecule has 1 N–H and O–H groups in total. The molecule has 0 aromatic carbocycles.